The number of aliphatic carboxylic acids is 1. The molecule has 0 bridgehead atoms. The van der Waals surface area contributed by atoms with Gasteiger partial charge in [-0.2, -0.15) is 0 Å². The van der Waals surface area contributed by atoms with E-state index < -0.39 is 12.0 Å². The fourth-order valence-corrected chi connectivity index (χ4v) is 3.69. The van der Waals surface area contributed by atoms with E-state index in [0.29, 0.717) is 23.0 Å². The Hall–Kier alpha value is -1.92. The van der Waals surface area contributed by atoms with Crippen molar-refractivity contribution in [3.63, 3.8) is 0 Å². The van der Waals surface area contributed by atoms with Crippen molar-refractivity contribution in [2.45, 2.75) is 25.3 Å². The molecule has 120 valence electrons. The van der Waals surface area contributed by atoms with Gasteiger partial charge in [0.25, 0.3) is 5.91 Å². The van der Waals surface area contributed by atoms with Crippen molar-refractivity contribution in [3.8, 4) is 10.6 Å². The van der Waals surface area contributed by atoms with Crippen LogP contribution >= 0.6 is 22.9 Å². The Morgan fingerprint density at radius 1 is 1.35 bits per heavy atom. The quantitative estimate of drug-likeness (QED) is 0.919. The van der Waals surface area contributed by atoms with Crippen LogP contribution in [-0.2, 0) is 4.79 Å². The molecule has 5 nitrogen and oxygen atoms in total. The van der Waals surface area contributed by atoms with Crippen molar-refractivity contribution in [1.29, 1.82) is 0 Å². The SMILES string of the molecule is O=C(O)[C@@H]1CCCCN1C(=O)c1csc(-c2cccc(Cl)c2)n1. The Labute approximate surface area is 142 Å². The molecule has 23 heavy (non-hydrogen) atoms. The van der Waals surface area contributed by atoms with Gasteiger partial charge in [0.1, 0.15) is 16.7 Å². The topological polar surface area (TPSA) is 70.5 Å². The lowest BCUT2D eigenvalue weighted by molar-refractivity contribution is -0.143. The zero-order valence-electron chi connectivity index (χ0n) is 12.2. The summed E-state index contributed by atoms with van der Waals surface area (Å²) < 4.78 is 0. The summed E-state index contributed by atoms with van der Waals surface area (Å²) in [4.78, 5) is 29.7. The number of rotatable bonds is 3. The van der Waals surface area contributed by atoms with Gasteiger partial charge in [0.05, 0.1) is 0 Å². The number of nitrogens with zero attached hydrogens (tertiary/aromatic N) is 2. The van der Waals surface area contributed by atoms with Gasteiger partial charge < -0.3 is 10.0 Å². The number of aromatic nitrogens is 1. The van der Waals surface area contributed by atoms with Gasteiger partial charge in [0.15, 0.2) is 0 Å². The zero-order valence-corrected chi connectivity index (χ0v) is 13.8. The van der Waals surface area contributed by atoms with E-state index in [2.05, 4.69) is 4.98 Å². The van der Waals surface area contributed by atoms with Crippen molar-refractivity contribution in [1.82, 2.24) is 9.88 Å². The van der Waals surface area contributed by atoms with E-state index in [1.807, 2.05) is 12.1 Å². The highest BCUT2D eigenvalue weighted by atomic mass is 35.5. The number of hydrogen-bond donors (Lipinski definition) is 1. The zero-order chi connectivity index (χ0) is 16.4. The molecule has 1 saturated heterocycles. The van der Waals surface area contributed by atoms with Crippen molar-refractivity contribution >= 4 is 34.8 Å². The summed E-state index contributed by atoms with van der Waals surface area (Å²) in [6.07, 6.45) is 2.14. The van der Waals surface area contributed by atoms with Crippen LogP contribution in [0.25, 0.3) is 10.6 Å². The van der Waals surface area contributed by atoms with Crippen LogP contribution in [0, 0.1) is 0 Å². The Morgan fingerprint density at radius 2 is 2.17 bits per heavy atom. The number of carboxylic acids is 1. The van der Waals surface area contributed by atoms with Gasteiger partial charge in [-0.25, -0.2) is 9.78 Å². The second-order valence-electron chi connectivity index (χ2n) is 5.40. The summed E-state index contributed by atoms with van der Waals surface area (Å²) in [5, 5.41) is 12.3. The van der Waals surface area contributed by atoms with Crippen LogP contribution in [0.4, 0.5) is 0 Å². The first-order valence-corrected chi connectivity index (χ1v) is 8.57. The Balaban J connectivity index is 1.84. The smallest absolute Gasteiger partial charge is 0.326 e. The number of halogens is 1. The van der Waals surface area contributed by atoms with Crippen LogP contribution in [0.3, 0.4) is 0 Å². The first-order valence-electron chi connectivity index (χ1n) is 7.31. The molecule has 1 aliphatic rings. The molecule has 0 radical (unpaired) electrons. The largest absolute Gasteiger partial charge is 0.480 e. The summed E-state index contributed by atoms with van der Waals surface area (Å²) in [5.41, 5.74) is 1.13. The fraction of sp³-hybridized carbons (Fsp3) is 0.312. The predicted molar refractivity (Wildman–Crippen MR) is 88.9 cm³/mol. The lowest BCUT2D eigenvalue weighted by atomic mass is 10.0. The highest BCUT2D eigenvalue weighted by molar-refractivity contribution is 7.13. The number of hydrogen-bond acceptors (Lipinski definition) is 4. The van der Waals surface area contributed by atoms with Crippen LogP contribution in [0.5, 0.6) is 0 Å². The van der Waals surface area contributed by atoms with Gasteiger partial charge >= 0.3 is 5.97 Å². The molecular weight excluding hydrogens is 336 g/mol. The Kier molecular flexibility index (Phi) is 4.63. The molecule has 3 rings (SSSR count). The number of thiazole rings is 1. The van der Waals surface area contributed by atoms with E-state index in [1.54, 1.807) is 17.5 Å². The van der Waals surface area contributed by atoms with E-state index in [0.717, 1.165) is 18.4 Å². The van der Waals surface area contributed by atoms with Gasteiger partial charge in [-0.05, 0) is 31.4 Å². The third-order valence-corrected chi connectivity index (χ3v) is 4.97. The van der Waals surface area contributed by atoms with Crippen molar-refractivity contribution in [2.24, 2.45) is 0 Å². The normalized spacial score (nSPS) is 18.0. The lowest BCUT2D eigenvalue weighted by Crippen LogP contribution is -2.48. The average molecular weight is 351 g/mol. The van der Waals surface area contributed by atoms with E-state index in [1.165, 1.54) is 16.2 Å². The first kappa shape index (κ1) is 16.0. The second-order valence-corrected chi connectivity index (χ2v) is 6.69. The molecular formula is C16H15ClN2O3S. The first-order chi connectivity index (χ1) is 11.1. The third-order valence-electron chi connectivity index (χ3n) is 3.84. The molecule has 2 aromatic rings. The summed E-state index contributed by atoms with van der Waals surface area (Å²) in [6.45, 7) is 0.458. The molecule has 1 aliphatic heterocycles. The number of benzene rings is 1. The minimum Gasteiger partial charge on any atom is -0.480 e. The molecule has 0 saturated carbocycles. The summed E-state index contributed by atoms with van der Waals surface area (Å²) >= 11 is 7.32. The second kappa shape index (κ2) is 6.68. The highest BCUT2D eigenvalue weighted by Crippen LogP contribution is 2.27. The van der Waals surface area contributed by atoms with Crippen molar-refractivity contribution in [3.05, 3.63) is 40.4 Å². The molecule has 0 spiro atoms. The number of carboxylic acid groups (broad SMARTS) is 1. The summed E-state index contributed by atoms with van der Waals surface area (Å²) in [6, 6.07) is 6.50. The number of amides is 1. The molecule has 1 amide bonds. The fourth-order valence-electron chi connectivity index (χ4n) is 2.70. The molecule has 0 unspecified atom stereocenters. The molecule has 1 aromatic carbocycles. The van der Waals surface area contributed by atoms with Gasteiger partial charge in [-0.3, -0.25) is 4.79 Å². The maximum Gasteiger partial charge on any atom is 0.326 e. The highest BCUT2D eigenvalue weighted by Gasteiger charge is 2.33. The number of carbonyl (C=O) groups is 2. The maximum atomic E-state index is 12.6. The molecule has 7 heteroatoms. The predicted octanol–water partition coefficient (Wildman–Crippen LogP) is 3.54. The molecule has 1 atom stereocenters. The lowest BCUT2D eigenvalue weighted by Gasteiger charge is -2.32. The monoisotopic (exact) mass is 350 g/mol. The van der Waals surface area contributed by atoms with Crippen LogP contribution in [0.15, 0.2) is 29.6 Å². The minimum absolute atomic E-state index is 0.290. The molecule has 1 fully saturated rings. The molecule has 1 N–H and O–H groups in total. The van der Waals surface area contributed by atoms with Crippen LogP contribution in [0.1, 0.15) is 29.8 Å². The molecule has 1 aromatic heterocycles. The Bertz CT molecular complexity index is 746. The van der Waals surface area contributed by atoms with Crippen LogP contribution in [-0.4, -0.2) is 39.5 Å². The van der Waals surface area contributed by atoms with Gasteiger partial charge in [-0.1, -0.05) is 23.7 Å². The van der Waals surface area contributed by atoms with Crippen LogP contribution < -0.4 is 0 Å². The van der Waals surface area contributed by atoms with E-state index >= 15 is 0 Å². The van der Waals surface area contributed by atoms with E-state index in [4.69, 9.17) is 11.6 Å². The number of likely N-dealkylation sites (tertiary alicyclic amines) is 1. The van der Waals surface area contributed by atoms with Crippen molar-refractivity contribution < 1.29 is 14.7 Å². The molecule has 0 aliphatic carbocycles. The van der Waals surface area contributed by atoms with E-state index in [9.17, 15) is 14.7 Å². The summed E-state index contributed by atoms with van der Waals surface area (Å²) in [7, 11) is 0. The third kappa shape index (κ3) is 3.38. The summed E-state index contributed by atoms with van der Waals surface area (Å²) in [5.74, 6) is -1.27. The maximum absolute atomic E-state index is 12.6. The van der Waals surface area contributed by atoms with Crippen molar-refractivity contribution in [2.75, 3.05) is 6.54 Å². The average Bonchev–Trinajstić information content (AvgIpc) is 3.04. The molecule has 2 heterocycles. The standard InChI is InChI=1S/C16H15ClN2O3S/c17-11-5-3-4-10(8-11)14-18-12(9-23-14)15(20)19-7-2-1-6-13(19)16(21)22/h3-5,8-9,13H,1-2,6-7H2,(H,21,22)/t13-/m0/s1. The van der Waals surface area contributed by atoms with E-state index in [-0.39, 0.29) is 11.6 Å². The Morgan fingerprint density at radius 3 is 2.91 bits per heavy atom. The van der Waals surface area contributed by atoms with Gasteiger partial charge in [-0.15, -0.1) is 11.3 Å². The number of carbonyl (C=O) groups excluding carboxylic acids is 1. The minimum atomic E-state index is -0.955. The van der Waals surface area contributed by atoms with Gasteiger partial charge in [0, 0.05) is 22.5 Å². The number of piperidine rings is 1. The van der Waals surface area contributed by atoms with Gasteiger partial charge in [0.2, 0.25) is 0 Å². The van der Waals surface area contributed by atoms with Crippen LogP contribution in [0.2, 0.25) is 5.02 Å².